The van der Waals surface area contributed by atoms with E-state index < -0.39 is 5.41 Å². The summed E-state index contributed by atoms with van der Waals surface area (Å²) in [5, 5.41) is 6.23. The maximum Gasteiger partial charge on any atom is 0.235 e. The van der Waals surface area contributed by atoms with Crippen molar-refractivity contribution in [2.75, 3.05) is 10.6 Å². The highest BCUT2D eigenvalue weighted by atomic mass is 19.1. The lowest BCUT2D eigenvalue weighted by Crippen LogP contribution is -2.27. The molecular formula is C24H21FN6O. The van der Waals surface area contributed by atoms with Crippen molar-refractivity contribution < 1.29 is 9.18 Å². The van der Waals surface area contributed by atoms with Gasteiger partial charge >= 0.3 is 0 Å². The molecule has 7 nitrogen and oxygen atoms in total. The lowest BCUT2D eigenvalue weighted by atomic mass is 9.95. The average Bonchev–Trinajstić information content (AvgIpc) is 3.50. The summed E-state index contributed by atoms with van der Waals surface area (Å²) in [6, 6.07) is 15.4. The summed E-state index contributed by atoms with van der Waals surface area (Å²) in [4.78, 5) is 25.7. The van der Waals surface area contributed by atoms with Crippen LogP contribution >= 0.6 is 0 Å². The van der Waals surface area contributed by atoms with Gasteiger partial charge in [-0.3, -0.25) is 9.36 Å². The highest BCUT2D eigenvalue weighted by Crippen LogP contribution is 2.49. The molecule has 160 valence electrons. The van der Waals surface area contributed by atoms with Crippen LogP contribution in [0.2, 0.25) is 0 Å². The number of aromatic nitrogens is 4. The minimum atomic E-state index is -0.562. The number of aryl methyl sites for hydroxylation is 1. The monoisotopic (exact) mass is 428 g/mol. The summed E-state index contributed by atoms with van der Waals surface area (Å²) >= 11 is 0. The molecule has 0 unspecified atom stereocenters. The van der Waals surface area contributed by atoms with Crippen LogP contribution in [0, 0.1) is 12.7 Å². The van der Waals surface area contributed by atoms with Crippen LogP contribution in [0.1, 0.15) is 24.2 Å². The van der Waals surface area contributed by atoms with E-state index in [1.807, 2.05) is 48.0 Å². The second-order valence-corrected chi connectivity index (χ2v) is 7.85. The van der Waals surface area contributed by atoms with Crippen LogP contribution < -0.4 is 10.6 Å². The number of nitrogens with one attached hydrogen (secondary N) is 2. The first kappa shape index (κ1) is 19.9. The van der Waals surface area contributed by atoms with Crippen LogP contribution in [0.15, 0.2) is 73.3 Å². The van der Waals surface area contributed by atoms with Crippen LogP contribution in [0.4, 0.5) is 21.6 Å². The van der Waals surface area contributed by atoms with Crippen LogP contribution in [0.3, 0.4) is 0 Å². The van der Waals surface area contributed by atoms with Crippen molar-refractivity contribution in [2.24, 2.45) is 0 Å². The molecule has 0 saturated heterocycles. The van der Waals surface area contributed by atoms with Crippen molar-refractivity contribution >= 4 is 23.1 Å². The number of benzene rings is 2. The largest absolute Gasteiger partial charge is 0.340 e. The number of rotatable bonds is 6. The van der Waals surface area contributed by atoms with Gasteiger partial charge in [-0.05, 0) is 61.7 Å². The van der Waals surface area contributed by atoms with Crippen LogP contribution in [-0.2, 0) is 10.2 Å². The van der Waals surface area contributed by atoms with Crippen LogP contribution in [0.5, 0.6) is 0 Å². The molecule has 0 bridgehead atoms. The zero-order valence-corrected chi connectivity index (χ0v) is 17.4. The van der Waals surface area contributed by atoms with E-state index >= 15 is 0 Å². The summed E-state index contributed by atoms with van der Waals surface area (Å²) < 4.78 is 15.1. The third-order valence-corrected chi connectivity index (χ3v) is 5.72. The van der Waals surface area contributed by atoms with Gasteiger partial charge in [-0.15, -0.1) is 0 Å². The van der Waals surface area contributed by atoms with E-state index in [4.69, 9.17) is 0 Å². The fourth-order valence-electron chi connectivity index (χ4n) is 3.74. The second-order valence-electron chi connectivity index (χ2n) is 7.85. The summed E-state index contributed by atoms with van der Waals surface area (Å²) in [6.07, 6.45) is 6.58. The average molecular weight is 428 g/mol. The number of carbonyl (C=O) groups excluding carboxylic acids is 1. The lowest BCUT2D eigenvalue weighted by molar-refractivity contribution is -0.118. The Balaban J connectivity index is 1.27. The molecule has 32 heavy (non-hydrogen) atoms. The molecule has 5 rings (SSSR count). The molecule has 0 radical (unpaired) electrons. The Kier molecular flexibility index (Phi) is 4.89. The van der Waals surface area contributed by atoms with E-state index in [-0.39, 0.29) is 11.7 Å². The van der Waals surface area contributed by atoms with E-state index in [1.54, 1.807) is 18.3 Å². The fraction of sp³-hybridized carbons (Fsp3) is 0.167. The Morgan fingerprint density at radius 1 is 1.00 bits per heavy atom. The van der Waals surface area contributed by atoms with E-state index in [0.29, 0.717) is 11.5 Å². The highest BCUT2D eigenvalue weighted by Gasteiger charge is 2.51. The summed E-state index contributed by atoms with van der Waals surface area (Å²) in [7, 11) is 0. The normalized spacial score (nSPS) is 14.1. The molecule has 4 aromatic rings. The predicted molar refractivity (Wildman–Crippen MR) is 120 cm³/mol. The smallest absolute Gasteiger partial charge is 0.235 e. The van der Waals surface area contributed by atoms with Crippen LogP contribution in [0.25, 0.3) is 5.82 Å². The number of halogens is 1. The number of imidazole rings is 1. The number of hydrogen-bond acceptors (Lipinski definition) is 5. The molecule has 1 amide bonds. The van der Waals surface area contributed by atoms with Crippen molar-refractivity contribution in [2.45, 2.75) is 25.2 Å². The van der Waals surface area contributed by atoms with Gasteiger partial charge in [0.25, 0.3) is 0 Å². The van der Waals surface area contributed by atoms with E-state index in [0.717, 1.165) is 35.7 Å². The fourth-order valence-corrected chi connectivity index (χ4v) is 3.74. The van der Waals surface area contributed by atoms with Gasteiger partial charge in [0.05, 0.1) is 5.41 Å². The minimum Gasteiger partial charge on any atom is -0.340 e. The Labute approximate surface area is 184 Å². The summed E-state index contributed by atoms with van der Waals surface area (Å²) in [5.74, 6) is 1.83. The van der Waals surface area contributed by atoms with Crippen molar-refractivity contribution in [1.29, 1.82) is 0 Å². The molecular weight excluding hydrogens is 407 g/mol. The molecule has 0 aliphatic heterocycles. The molecule has 2 N–H and O–H groups in total. The number of carbonyl (C=O) groups is 1. The number of hydrogen-bond donors (Lipinski definition) is 2. The molecule has 8 heteroatoms. The molecule has 2 aromatic heterocycles. The van der Waals surface area contributed by atoms with Gasteiger partial charge in [-0.2, -0.15) is 0 Å². The standard InChI is InChI=1S/C24H21FN6O/c1-16-26-12-13-31(16)22-14-21(27-15-28-22)29-19-6-8-20(9-7-19)30-23(32)24(10-11-24)17-2-4-18(25)5-3-17/h2-9,12-15H,10-11H2,1H3,(H,30,32)(H,27,28,29). The first-order valence-corrected chi connectivity index (χ1v) is 10.3. The number of nitrogens with zero attached hydrogens (tertiary/aromatic N) is 4. The van der Waals surface area contributed by atoms with E-state index in [2.05, 4.69) is 25.6 Å². The Bertz CT molecular complexity index is 1260. The quantitative estimate of drug-likeness (QED) is 0.472. The van der Waals surface area contributed by atoms with Gasteiger partial charge in [0.2, 0.25) is 5.91 Å². The molecule has 1 aliphatic rings. The van der Waals surface area contributed by atoms with Gasteiger partial charge < -0.3 is 10.6 Å². The van der Waals surface area contributed by atoms with Gasteiger partial charge in [0.15, 0.2) is 0 Å². The molecule has 1 saturated carbocycles. The second kappa shape index (κ2) is 7.88. The van der Waals surface area contributed by atoms with Crippen molar-refractivity contribution in [3.05, 3.63) is 90.5 Å². The van der Waals surface area contributed by atoms with Crippen LogP contribution in [-0.4, -0.2) is 25.4 Å². The highest BCUT2D eigenvalue weighted by molar-refractivity contribution is 6.01. The molecule has 0 atom stereocenters. The maximum absolute atomic E-state index is 13.2. The van der Waals surface area contributed by atoms with Gasteiger partial charge in [0, 0.05) is 29.8 Å². The van der Waals surface area contributed by atoms with Gasteiger partial charge in [-0.25, -0.2) is 19.3 Å². The topological polar surface area (TPSA) is 84.7 Å². The van der Waals surface area contributed by atoms with Crippen molar-refractivity contribution in [1.82, 2.24) is 19.5 Å². The third-order valence-electron chi connectivity index (χ3n) is 5.72. The molecule has 1 fully saturated rings. The molecule has 0 spiro atoms. The molecule has 1 aliphatic carbocycles. The Hall–Kier alpha value is -4.07. The van der Waals surface area contributed by atoms with Crippen molar-refractivity contribution in [3.63, 3.8) is 0 Å². The minimum absolute atomic E-state index is 0.0686. The third kappa shape index (κ3) is 3.82. The first-order chi connectivity index (χ1) is 15.5. The number of anilines is 3. The maximum atomic E-state index is 13.2. The lowest BCUT2D eigenvalue weighted by Gasteiger charge is -2.16. The number of amides is 1. The molecule has 2 aromatic carbocycles. The van der Waals surface area contributed by atoms with Gasteiger partial charge in [0.1, 0.15) is 29.6 Å². The zero-order chi connectivity index (χ0) is 22.1. The SMILES string of the molecule is Cc1nccn1-c1cc(Nc2ccc(NC(=O)C3(c4ccc(F)cc4)CC3)cc2)ncn1. The van der Waals surface area contributed by atoms with Gasteiger partial charge in [-0.1, -0.05) is 12.1 Å². The Morgan fingerprint density at radius 2 is 1.72 bits per heavy atom. The van der Waals surface area contributed by atoms with Crippen molar-refractivity contribution in [3.8, 4) is 5.82 Å². The summed E-state index contributed by atoms with van der Waals surface area (Å²) in [6.45, 7) is 1.91. The zero-order valence-electron chi connectivity index (χ0n) is 17.4. The van der Waals surface area contributed by atoms with E-state index in [9.17, 15) is 9.18 Å². The Morgan fingerprint density at radius 3 is 2.38 bits per heavy atom. The predicted octanol–water partition coefficient (Wildman–Crippen LogP) is 4.52. The first-order valence-electron chi connectivity index (χ1n) is 10.3. The molecule has 2 heterocycles. The summed E-state index contributed by atoms with van der Waals surface area (Å²) in [5.41, 5.74) is 1.82. The van der Waals surface area contributed by atoms with E-state index in [1.165, 1.54) is 18.5 Å².